The van der Waals surface area contributed by atoms with Gasteiger partial charge in [-0.1, -0.05) is 18.7 Å². The van der Waals surface area contributed by atoms with Crippen LogP contribution in [0.5, 0.6) is 0 Å². The number of thioether (sulfide) groups is 1. The first-order valence-electron chi connectivity index (χ1n) is 4.06. The van der Waals surface area contributed by atoms with Crippen LogP contribution < -0.4 is 0 Å². The molecule has 1 nitrogen and oxygen atoms in total. The van der Waals surface area contributed by atoms with E-state index in [-0.39, 0.29) is 0 Å². The van der Waals surface area contributed by atoms with Gasteiger partial charge >= 0.3 is 29.4 Å². The second-order valence-corrected chi connectivity index (χ2v) is 4.06. The first-order valence-corrected chi connectivity index (χ1v) is 5.04. The first-order chi connectivity index (χ1) is 7.89. The van der Waals surface area contributed by atoms with Crippen molar-refractivity contribution in [2.75, 3.05) is 5.75 Å². The average molecular weight is 308 g/mol. The molecule has 0 aliphatic heterocycles. The number of hydrogen-bond acceptors (Lipinski definition) is 2. The Bertz CT molecular complexity index is 323. The van der Waals surface area contributed by atoms with Crippen molar-refractivity contribution < 1.29 is 44.3 Å². The van der Waals surface area contributed by atoms with Gasteiger partial charge in [-0.05, 0) is 5.75 Å². The Morgan fingerprint density at radius 2 is 1.44 bits per heavy atom. The molecule has 0 heterocycles. The summed E-state index contributed by atoms with van der Waals surface area (Å²) in [4.78, 5) is 0. The van der Waals surface area contributed by atoms with Gasteiger partial charge in [-0.25, -0.2) is 0 Å². The van der Waals surface area contributed by atoms with Gasteiger partial charge in [0.2, 0.25) is 0 Å². The molecule has 11 heteroatoms. The molecule has 0 aromatic rings. The minimum atomic E-state index is -6.17. The lowest BCUT2D eigenvalue weighted by atomic mass is 10.3. The van der Waals surface area contributed by atoms with E-state index in [1.54, 1.807) is 0 Å². The Morgan fingerprint density at radius 1 is 1.00 bits per heavy atom. The summed E-state index contributed by atoms with van der Waals surface area (Å²) in [5, 5.41) is -5.32. The van der Waals surface area contributed by atoms with E-state index in [1.807, 2.05) is 0 Å². The Labute approximate surface area is 99.0 Å². The summed E-state index contributed by atoms with van der Waals surface area (Å²) in [5.41, 5.74) is 0. The lowest BCUT2D eigenvalue weighted by molar-refractivity contribution is -0.374. The first kappa shape index (κ1) is 17.3. The van der Waals surface area contributed by atoms with E-state index in [0.29, 0.717) is 0 Å². The van der Waals surface area contributed by atoms with Crippen LogP contribution in [-0.4, -0.2) is 23.0 Å². The van der Waals surface area contributed by atoms with Gasteiger partial charge in [-0.2, -0.15) is 39.5 Å². The zero-order chi connectivity index (χ0) is 14.8. The van der Waals surface area contributed by atoms with Crippen LogP contribution in [0.1, 0.15) is 6.92 Å². The van der Waals surface area contributed by atoms with E-state index in [0.717, 1.165) is 6.92 Å². The summed E-state index contributed by atoms with van der Waals surface area (Å²) < 4.78 is 113. The van der Waals surface area contributed by atoms with Gasteiger partial charge in [-0.15, -0.1) is 0 Å². The van der Waals surface area contributed by atoms with Crippen LogP contribution >= 0.6 is 11.8 Å². The summed E-state index contributed by atoms with van der Waals surface area (Å²) in [6.07, 6.45) is -9.61. The monoisotopic (exact) mass is 308 g/mol. The Morgan fingerprint density at radius 3 is 1.78 bits per heavy atom. The van der Waals surface area contributed by atoms with E-state index < -0.39 is 46.9 Å². The lowest BCUT2D eigenvalue weighted by Gasteiger charge is -2.30. The third kappa shape index (κ3) is 3.39. The summed E-state index contributed by atoms with van der Waals surface area (Å²) in [5.74, 6) is -6.85. The fourth-order valence-corrected chi connectivity index (χ4v) is 1.32. The predicted molar refractivity (Wildman–Crippen MR) is 44.4 cm³/mol. The smallest absolute Gasteiger partial charge is 0.397 e. The molecule has 0 fully saturated rings. The van der Waals surface area contributed by atoms with Crippen molar-refractivity contribution >= 4 is 11.8 Å². The molecule has 0 aliphatic rings. The molecule has 0 aromatic heterocycles. The summed E-state index contributed by atoms with van der Waals surface area (Å²) in [6, 6.07) is -3.35. The summed E-state index contributed by atoms with van der Waals surface area (Å²) in [7, 11) is 0. The second-order valence-electron chi connectivity index (χ2n) is 2.68. The SMILES string of the molecule is CCSC(F)(F)C(F)(F)C(F)(F)OC(F)=C(F)F. The van der Waals surface area contributed by atoms with Crippen LogP contribution in [0.4, 0.5) is 39.5 Å². The molecule has 0 aromatic carbocycles. The normalized spacial score (nSPS) is 13.4. The molecule has 0 unspecified atom stereocenters. The third-order valence-corrected chi connectivity index (χ3v) is 2.33. The zero-order valence-electron chi connectivity index (χ0n) is 8.43. The third-order valence-electron chi connectivity index (χ3n) is 1.42. The number of alkyl halides is 6. The highest BCUT2D eigenvalue weighted by molar-refractivity contribution is 8.00. The summed E-state index contributed by atoms with van der Waals surface area (Å²) in [6.45, 7) is 0.968. The van der Waals surface area contributed by atoms with Crippen molar-refractivity contribution in [3.8, 4) is 0 Å². The molecule has 18 heavy (non-hydrogen) atoms. The van der Waals surface area contributed by atoms with Crippen LogP contribution in [0.15, 0.2) is 12.1 Å². The maximum Gasteiger partial charge on any atom is 0.473 e. The van der Waals surface area contributed by atoms with Crippen LogP contribution in [0.2, 0.25) is 0 Å². The number of rotatable bonds is 6. The average Bonchev–Trinajstić information content (AvgIpc) is 2.15. The molecule has 0 N–H and O–H groups in total. The maximum absolute atomic E-state index is 12.7. The van der Waals surface area contributed by atoms with E-state index in [9.17, 15) is 39.5 Å². The van der Waals surface area contributed by atoms with E-state index in [1.165, 1.54) is 0 Å². The molecule has 0 aliphatic carbocycles. The number of hydrogen-bond donors (Lipinski definition) is 0. The van der Waals surface area contributed by atoms with Gasteiger partial charge in [0.25, 0.3) is 0 Å². The van der Waals surface area contributed by atoms with E-state index in [4.69, 9.17) is 0 Å². The highest BCUT2D eigenvalue weighted by Gasteiger charge is 2.74. The van der Waals surface area contributed by atoms with E-state index in [2.05, 4.69) is 4.74 Å². The fourth-order valence-electron chi connectivity index (χ4n) is 0.657. The molecule has 0 rings (SSSR count). The van der Waals surface area contributed by atoms with Gasteiger partial charge < -0.3 is 4.74 Å². The molecular formula is C7H5F9OS. The molecule has 0 bridgehead atoms. The molecule has 0 atom stereocenters. The largest absolute Gasteiger partial charge is 0.473 e. The predicted octanol–water partition coefficient (Wildman–Crippen LogP) is 4.61. The van der Waals surface area contributed by atoms with Crippen LogP contribution in [0.25, 0.3) is 0 Å². The van der Waals surface area contributed by atoms with E-state index >= 15 is 0 Å². The van der Waals surface area contributed by atoms with Gasteiger partial charge in [-0.3, -0.25) is 0 Å². The van der Waals surface area contributed by atoms with Crippen molar-refractivity contribution in [3.05, 3.63) is 12.1 Å². The lowest BCUT2D eigenvalue weighted by Crippen LogP contribution is -2.53. The van der Waals surface area contributed by atoms with Gasteiger partial charge in [0.15, 0.2) is 0 Å². The molecule has 108 valence electrons. The van der Waals surface area contributed by atoms with Crippen molar-refractivity contribution in [2.24, 2.45) is 0 Å². The molecular weight excluding hydrogens is 303 g/mol. The Balaban J connectivity index is 5.26. The van der Waals surface area contributed by atoms with Crippen LogP contribution in [0, 0.1) is 0 Å². The Kier molecular flexibility index (Phi) is 5.27. The maximum atomic E-state index is 12.7. The minimum Gasteiger partial charge on any atom is -0.397 e. The Hall–Kier alpha value is -0.740. The van der Waals surface area contributed by atoms with Crippen molar-refractivity contribution in [3.63, 3.8) is 0 Å². The van der Waals surface area contributed by atoms with Crippen LogP contribution in [0.3, 0.4) is 0 Å². The van der Waals surface area contributed by atoms with Gasteiger partial charge in [0.05, 0.1) is 0 Å². The highest BCUT2D eigenvalue weighted by atomic mass is 32.2. The second kappa shape index (κ2) is 5.49. The molecule has 0 spiro atoms. The fraction of sp³-hybridized carbons (Fsp3) is 0.714. The molecule has 0 amide bonds. The molecule has 0 saturated heterocycles. The standard InChI is InChI=1S/C7H5F9OS/c1-2-18-7(15,16)5(11,12)6(13,14)17-4(10)3(8)9/h2H2,1H3. The highest BCUT2D eigenvalue weighted by Crippen LogP contribution is 2.52. The van der Waals surface area contributed by atoms with Crippen molar-refractivity contribution in [2.45, 2.75) is 24.2 Å². The van der Waals surface area contributed by atoms with Crippen molar-refractivity contribution in [1.82, 2.24) is 0 Å². The molecule has 0 saturated carbocycles. The van der Waals surface area contributed by atoms with Crippen LogP contribution in [-0.2, 0) is 4.74 Å². The topological polar surface area (TPSA) is 9.23 Å². The van der Waals surface area contributed by atoms with Gasteiger partial charge in [0, 0.05) is 0 Å². The number of ether oxygens (including phenoxy) is 1. The molecule has 0 radical (unpaired) electrons. The minimum absolute atomic E-state index is 0.672. The zero-order valence-corrected chi connectivity index (χ0v) is 9.24. The van der Waals surface area contributed by atoms with Gasteiger partial charge in [0.1, 0.15) is 0 Å². The van der Waals surface area contributed by atoms with Crippen molar-refractivity contribution in [1.29, 1.82) is 0 Å². The summed E-state index contributed by atoms with van der Waals surface area (Å²) >= 11 is -0.866. The number of halogens is 9. The quantitative estimate of drug-likeness (QED) is 0.523.